The predicted molar refractivity (Wildman–Crippen MR) is 79.3 cm³/mol. The van der Waals surface area contributed by atoms with Crippen molar-refractivity contribution >= 4 is 22.9 Å². The average Bonchev–Trinajstić information content (AvgIpc) is 2.90. The van der Waals surface area contributed by atoms with Gasteiger partial charge in [0.25, 0.3) is 0 Å². The van der Waals surface area contributed by atoms with Crippen molar-refractivity contribution in [2.75, 3.05) is 13.2 Å². The van der Waals surface area contributed by atoms with Crippen molar-refractivity contribution in [3.8, 4) is 0 Å². The Bertz CT molecular complexity index is 640. The Hall–Kier alpha value is -2.23. The predicted octanol–water partition coefficient (Wildman–Crippen LogP) is 3.42. The van der Waals surface area contributed by atoms with E-state index in [2.05, 4.69) is 4.98 Å². The molecule has 0 amide bonds. The lowest BCUT2D eigenvalue weighted by atomic mass is 10.0. The minimum atomic E-state index is -0.428. The summed E-state index contributed by atoms with van der Waals surface area (Å²) >= 11 is 0. The van der Waals surface area contributed by atoms with Gasteiger partial charge in [0.05, 0.1) is 13.2 Å². The molecule has 0 aliphatic carbocycles. The van der Waals surface area contributed by atoms with Crippen LogP contribution < -0.4 is 0 Å². The van der Waals surface area contributed by atoms with Crippen molar-refractivity contribution in [1.82, 2.24) is 4.98 Å². The molecule has 0 aliphatic rings. The van der Waals surface area contributed by atoms with Crippen molar-refractivity contribution in [2.24, 2.45) is 0 Å². The van der Waals surface area contributed by atoms with Crippen LogP contribution in [0, 0.1) is 6.92 Å². The van der Waals surface area contributed by atoms with E-state index in [0.717, 1.165) is 22.0 Å². The number of rotatable bonds is 5. The Morgan fingerprint density at radius 2 is 1.95 bits per heavy atom. The lowest BCUT2D eigenvalue weighted by molar-refractivity contribution is -0.142. The van der Waals surface area contributed by atoms with E-state index < -0.39 is 5.97 Å². The third kappa shape index (κ3) is 2.85. The molecule has 106 valence electrons. The van der Waals surface area contributed by atoms with Gasteiger partial charge in [0.2, 0.25) is 5.76 Å². The molecule has 0 fully saturated rings. The zero-order valence-corrected chi connectivity index (χ0v) is 12.0. The van der Waals surface area contributed by atoms with Crippen LogP contribution in [0.25, 0.3) is 17.0 Å². The summed E-state index contributed by atoms with van der Waals surface area (Å²) < 4.78 is 10.4. The van der Waals surface area contributed by atoms with Crippen LogP contribution in [-0.4, -0.2) is 24.2 Å². The molecule has 1 N–H and O–H groups in total. The number of esters is 1. The van der Waals surface area contributed by atoms with Crippen molar-refractivity contribution in [2.45, 2.75) is 20.8 Å². The Morgan fingerprint density at radius 1 is 1.20 bits per heavy atom. The van der Waals surface area contributed by atoms with Crippen LogP contribution >= 0.6 is 0 Å². The molecule has 0 bridgehead atoms. The minimum Gasteiger partial charge on any atom is -0.487 e. The number of fused-ring (bicyclic) bond motifs is 1. The van der Waals surface area contributed by atoms with Gasteiger partial charge in [-0.3, -0.25) is 0 Å². The molecule has 2 rings (SSSR count). The molecule has 4 heteroatoms. The summed E-state index contributed by atoms with van der Waals surface area (Å²) in [5.41, 5.74) is 3.13. The molecular weight excluding hydrogens is 254 g/mol. The van der Waals surface area contributed by atoms with Crippen molar-refractivity contribution < 1.29 is 14.3 Å². The van der Waals surface area contributed by atoms with Gasteiger partial charge in [0, 0.05) is 17.1 Å². The maximum atomic E-state index is 11.8. The zero-order chi connectivity index (χ0) is 14.5. The van der Waals surface area contributed by atoms with Gasteiger partial charge >= 0.3 is 5.97 Å². The number of nitrogens with one attached hydrogen (secondary N) is 1. The largest absolute Gasteiger partial charge is 0.487 e. The van der Waals surface area contributed by atoms with Gasteiger partial charge < -0.3 is 14.5 Å². The lowest BCUT2D eigenvalue weighted by Crippen LogP contribution is -2.10. The fourth-order valence-corrected chi connectivity index (χ4v) is 2.12. The summed E-state index contributed by atoms with van der Waals surface area (Å²) in [7, 11) is 0. The first kappa shape index (κ1) is 14.2. The number of hydrogen-bond donors (Lipinski definition) is 1. The SMILES string of the molecule is CCOC(=O)C(=Cc1ccc2[nH]ccc2c1C)OCC. The highest BCUT2D eigenvalue weighted by Crippen LogP contribution is 2.23. The molecule has 0 spiro atoms. The molecule has 4 nitrogen and oxygen atoms in total. The molecule has 0 aliphatic heterocycles. The summed E-state index contributed by atoms with van der Waals surface area (Å²) in [6.07, 6.45) is 3.64. The fraction of sp³-hybridized carbons (Fsp3) is 0.312. The standard InChI is InChI=1S/C16H19NO3/c1-4-19-15(16(18)20-5-2)10-12-6-7-14-13(11(12)3)8-9-17-14/h6-10,17H,4-5H2,1-3H3. The molecule has 20 heavy (non-hydrogen) atoms. The van der Waals surface area contributed by atoms with Crippen LogP contribution in [0.1, 0.15) is 25.0 Å². The number of carbonyl (C=O) groups is 1. The summed E-state index contributed by atoms with van der Waals surface area (Å²) in [6, 6.07) is 5.97. The number of H-pyrrole nitrogens is 1. The molecule has 0 unspecified atom stereocenters. The van der Waals surface area contributed by atoms with E-state index in [1.54, 1.807) is 13.0 Å². The minimum absolute atomic E-state index is 0.243. The van der Waals surface area contributed by atoms with Gasteiger partial charge in [-0.05, 0) is 50.1 Å². The smallest absolute Gasteiger partial charge is 0.373 e. The van der Waals surface area contributed by atoms with Crippen molar-refractivity contribution in [3.05, 3.63) is 41.3 Å². The van der Waals surface area contributed by atoms with E-state index in [1.807, 2.05) is 38.2 Å². The highest BCUT2D eigenvalue weighted by molar-refractivity contribution is 5.93. The fourth-order valence-electron chi connectivity index (χ4n) is 2.12. The van der Waals surface area contributed by atoms with Gasteiger partial charge in [-0.2, -0.15) is 0 Å². The number of aryl methyl sites for hydroxylation is 1. The van der Waals surface area contributed by atoms with Gasteiger partial charge in [-0.25, -0.2) is 4.79 Å². The average molecular weight is 273 g/mol. The summed E-state index contributed by atoms with van der Waals surface area (Å²) in [6.45, 7) is 6.40. The van der Waals surface area contributed by atoms with Crippen molar-refractivity contribution in [3.63, 3.8) is 0 Å². The highest BCUT2D eigenvalue weighted by Gasteiger charge is 2.13. The van der Waals surface area contributed by atoms with Crippen LogP contribution in [-0.2, 0) is 14.3 Å². The second-order valence-corrected chi connectivity index (χ2v) is 4.38. The third-order valence-electron chi connectivity index (χ3n) is 3.11. The zero-order valence-electron chi connectivity index (χ0n) is 12.0. The molecule has 1 aromatic carbocycles. The summed E-state index contributed by atoms with van der Waals surface area (Å²) in [4.78, 5) is 15.0. The van der Waals surface area contributed by atoms with E-state index in [4.69, 9.17) is 9.47 Å². The number of benzene rings is 1. The normalized spacial score (nSPS) is 11.7. The first-order valence-corrected chi connectivity index (χ1v) is 6.75. The monoisotopic (exact) mass is 273 g/mol. The highest BCUT2D eigenvalue weighted by atomic mass is 16.6. The lowest BCUT2D eigenvalue weighted by Gasteiger charge is -2.09. The van der Waals surface area contributed by atoms with E-state index in [-0.39, 0.29) is 5.76 Å². The first-order valence-electron chi connectivity index (χ1n) is 6.75. The number of aromatic nitrogens is 1. The number of aromatic amines is 1. The van der Waals surface area contributed by atoms with Gasteiger partial charge in [-0.1, -0.05) is 6.07 Å². The molecule has 0 saturated heterocycles. The number of hydrogen-bond acceptors (Lipinski definition) is 3. The third-order valence-corrected chi connectivity index (χ3v) is 3.11. The van der Waals surface area contributed by atoms with E-state index >= 15 is 0 Å². The van der Waals surface area contributed by atoms with Crippen LogP contribution in [0.2, 0.25) is 0 Å². The van der Waals surface area contributed by atoms with Gasteiger partial charge in [0.15, 0.2) is 0 Å². The Labute approximate surface area is 118 Å². The Morgan fingerprint density at radius 3 is 2.65 bits per heavy atom. The maximum Gasteiger partial charge on any atom is 0.373 e. The topological polar surface area (TPSA) is 51.3 Å². The van der Waals surface area contributed by atoms with Gasteiger partial charge in [-0.15, -0.1) is 0 Å². The Kier molecular flexibility index (Phi) is 4.45. The first-order chi connectivity index (χ1) is 9.67. The summed E-state index contributed by atoms with van der Waals surface area (Å²) in [5.74, 6) is -0.185. The molecule has 1 aromatic heterocycles. The van der Waals surface area contributed by atoms with Crippen LogP contribution in [0.4, 0.5) is 0 Å². The summed E-state index contributed by atoms with van der Waals surface area (Å²) in [5, 5.41) is 1.14. The molecule has 0 saturated carbocycles. The van der Waals surface area contributed by atoms with E-state index in [9.17, 15) is 4.79 Å². The molecule has 2 aromatic rings. The van der Waals surface area contributed by atoms with Crippen LogP contribution in [0.15, 0.2) is 30.2 Å². The molecule has 1 heterocycles. The quantitative estimate of drug-likeness (QED) is 0.516. The molecule has 0 atom stereocenters. The maximum absolute atomic E-state index is 11.8. The van der Waals surface area contributed by atoms with E-state index in [1.165, 1.54) is 0 Å². The Balaban J connectivity index is 2.41. The molecular formula is C16H19NO3. The second-order valence-electron chi connectivity index (χ2n) is 4.38. The van der Waals surface area contributed by atoms with Crippen LogP contribution in [0.5, 0.6) is 0 Å². The number of carbonyl (C=O) groups excluding carboxylic acids is 1. The molecule has 0 radical (unpaired) electrons. The second kappa shape index (κ2) is 6.28. The number of ether oxygens (including phenoxy) is 2. The van der Waals surface area contributed by atoms with Crippen molar-refractivity contribution in [1.29, 1.82) is 0 Å². The van der Waals surface area contributed by atoms with Crippen LogP contribution in [0.3, 0.4) is 0 Å². The van der Waals surface area contributed by atoms with E-state index in [0.29, 0.717) is 13.2 Å². The van der Waals surface area contributed by atoms with Gasteiger partial charge in [0.1, 0.15) is 0 Å².